The second kappa shape index (κ2) is 10.6. The van der Waals surface area contributed by atoms with Crippen molar-refractivity contribution in [2.75, 3.05) is 13.1 Å². The third kappa shape index (κ3) is 6.20. The van der Waals surface area contributed by atoms with E-state index >= 15 is 0 Å². The number of halogens is 1. The molecule has 2 N–H and O–H groups in total. The second-order valence-corrected chi connectivity index (χ2v) is 8.16. The summed E-state index contributed by atoms with van der Waals surface area (Å²) in [5, 5.41) is 7.12. The van der Waals surface area contributed by atoms with Gasteiger partial charge in [-0.1, -0.05) is 61.1 Å². The van der Waals surface area contributed by atoms with Crippen LogP contribution in [-0.2, 0) is 0 Å². The maximum atomic E-state index is 12.2. The highest BCUT2D eigenvalue weighted by molar-refractivity contribution is 7.80. The number of benzene rings is 2. The molecule has 2 atom stereocenters. The Morgan fingerprint density at radius 2 is 1.90 bits per heavy atom. The van der Waals surface area contributed by atoms with E-state index in [0.29, 0.717) is 22.9 Å². The zero-order valence-electron chi connectivity index (χ0n) is 16.5. The van der Waals surface area contributed by atoms with E-state index in [0.717, 1.165) is 42.2 Å². The Morgan fingerprint density at radius 3 is 2.59 bits per heavy atom. The van der Waals surface area contributed by atoms with Crippen molar-refractivity contribution in [1.29, 1.82) is 0 Å². The van der Waals surface area contributed by atoms with Crippen LogP contribution in [0.25, 0.3) is 0 Å². The first-order valence-corrected chi connectivity index (χ1v) is 10.8. The Hall–Kier alpha value is -2.08. The van der Waals surface area contributed by atoms with E-state index < -0.39 is 0 Å². The third-order valence-corrected chi connectivity index (χ3v) is 5.64. The normalized spacial score (nSPS) is 18.8. The fourth-order valence-electron chi connectivity index (χ4n) is 3.59. The molecule has 0 aliphatic carbocycles. The van der Waals surface area contributed by atoms with E-state index in [-0.39, 0.29) is 11.9 Å². The predicted octanol–water partition coefficient (Wildman–Crippen LogP) is 4.66. The standard InChI is InChI=1S/C23H26ClN3OS/c1-2-25-20-14-16(15-26-22(20)17-9-11-19(24)12-10-17)8-13-21(29)27-23(28)18-6-4-3-5-7-18/h3-7,9-12,16,20,25H,2,8,13-15H2,1H3,(H,27,28,29). The lowest BCUT2D eigenvalue weighted by molar-refractivity contribution is 0.0977. The number of carbonyl (C=O) groups excluding carboxylic acids is 1. The summed E-state index contributed by atoms with van der Waals surface area (Å²) in [5.41, 5.74) is 2.83. The summed E-state index contributed by atoms with van der Waals surface area (Å²) in [7, 11) is 0. The maximum absolute atomic E-state index is 12.2. The summed E-state index contributed by atoms with van der Waals surface area (Å²) >= 11 is 11.4. The van der Waals surface area contributed by atoms with E-state index in [1.165, 1.54) is 0 Å². The van der Waals surface area contributed by atoms with Crippen molar-refractivity contribution in [1.82, 2.24) is 10.6 Å². The monoisotopic (exact) mass is 427 g/mol. The molecule has 2 unspecified atom stereocenters. The van der Waals surface area contributed by atoms with Gasteiger partial charge in [-0.15, -0.1) is 0 Å². The molecule has 2 aromatic carbocycles. The van der Waals surface area contributed by atoms with Crippen LogP contribution in [0.4, 0.5) is 0 Å². The fourth-order valence-corrected chi connectivity index (χ4v) is 3.93. The van der Waals surface area contributed by atoms with Gasteiger partial charge in [-0.05, 0) is 61.6 Å². The summed E-state index contributed by atoms with van der Waals surface area (Å²) in [4.78, 5) is 17.7. The Balaban J connectivity index is 1.56. The van der Waals surface area contributed by atoms with Crippen LogP contribution in [0.15, 0.2) is 59.6 Å². The van der Waals surface area contributed by atoms with E-state index in [1.54, 1.807) is 12.1 Å². The van der Waals surface area contributed by atoms with Gasteiger partial charge in [0.25, 0.3) is 5.91 Å². The molecule has 152 valence electrons. The number of rotatable bonds is 7. The van der Waals surface area contributed by atoms with Crippen molar-refractivity contribution in [3.8, 4) is 0 Å². The number of carbonyl (C=O) groups is 1. The lowest BCUT2D eigenvalue weighted by atomic mass is 9.87. The number of likely N-dealkylation sites (N-methyl/N-ethyl adjacent to an activating group) is 1. The minimum absolute atomic E-state index is 0.146. The molecule has 0 bridgehead atoms. The molecule has 1 amide bonds. The minimum atomic E-state index is -0.146. The molecule has 0 saturated carbocycles. The van der Waals surface area contributed by atoms with Crippen LogP contribution >= 0.6 is 23.8 Å². The van der Waals surface area contributed by atoms with Crippen molar-refractivity contribution in [2.45, 2.75) is 32.2 Å². The quantitative estimate of drug-likeness (QED) is 0.631. The molecule has 0 radical (unpaired) electrons. The predicted molar refractivity (Wildman–Crippen MR) is 124 cm³/mol. The van der Waals surface area contributed by atoms with E-state index in [4.69, 9.17) is 28.8 Å². The van der Waals surface area contributed by atoms with Crippen molar-refractivity contribution in [3.63, 3.8) is 0 Å². The first-order chi connectivity index (χ1) is 14.1. The first-order valence-electron chi connectivity index (χ1n) is 9.99. The fraction of sp³-hybridized carbons (Fsp3) is 0.348. The smallest absolute Gasteiger partial charge is 0.256 e. The van der Waals surface area contributed by atoms with Crippen LogP contribution in [-0.4, -0.2) is 35.7 Å². The topological polar surface area (TPSA) is 53.5 Å². The molecule has 0 aromatic heterocycles. The lowest BCUT2D eigenvalue weighted by Gasteiger charge is -2.30. The average molecular weight is 428 g/mol. The number of hydrogen-bond donors (Lipinski definition) is 2. The number of hydrogen-bond acceptors (Lipinski definition) is 4. The van der Waals surface area contributed by atoms with Gasteiger partial charge in [0.1, 0.15) is 0 Å². The van der Waals surface area contributed by atoms with Gasteiger partial charge in [0.2, 0.25) is 0 Å². The van der Waals surface area contributed by atoms with Crippen molar-refractivity contribution >= 4 is 40.4 Å². The maximum Gasteiger partial charge on any atom is 0.256 e. The molecular weight excluding hydrogens is 402 g/mol. The van der Waals surface area contributed by atoms with Gasteiger partial charge in [-0.2, -0.15) is 0 Å². The average Bonchev–Trinajstić information content (AvgIpc) is 2.74. The summed E-state index contributed by atoms with van der Waals surface area (Å²) in [6, 6.07) is 17.2. The summed E-state index contributed by atoms with van der Waals surface area (Å²) in [6.07, 6.45) is 2.60. The summed E-state index contributed by atoms with van der Waals surface area (Å²) in [6.45, 7) is 3.77. The number of nitrogens with zero attached hydrogens (tertiary/aromatic N) is 1. The van der Waals surface area contributed by atoms with Gasteiger partial charge in [-0.3, -0.25) is 9.79 Å². The second-order valence-electron chi connectivity index (χ2n) is 7.23. The molecule has 6 heteroatoms. The molecule has 1 heterocycles. The SMILES string of the molecule is CCNC1CC(CCC(=S)NC(=O)c2ccccc2)CN=C1c1ccc(Cl)cc1. The molecule has 0 saturated heterocycles. The molecule has 2 aromatic rings. The molecule has 0 fully saturated rings. The number of nitrogens with one attached hydrogen (secondary N) is 2. The molecule has 0 spiro atoms. The molecule has 3 rings (SSSR count). The first kappa shape index (κ1) is 21.6. The van der Waals surface area contributed by atoms with Crippen molar-refractivity contribution in [2.24, 2.45) is 10.9 Å². The van der Waals surface area contributed by atoms with E-state index in [2.05, 4.69) is 17.6 Å². The lowest BCUT2D eigenvalue weighted by Crippen LogP contribution is -2.42. The van der Waals surface area contributed by atoms with Gasteiger partial charge in [0.05, 0.1) is 10.7 Å². The van der Waals surface area contributed by atoms with Crippen molar-refractivity contribution in [3.05, 3.63) is 70.7 Å². The Kier molecular flexibility index (Phi) is 7.92. The van der Waals surface area contributed by atoms with Gasteiger partial charge in [-0.25, -0.2) is 0 Å². The highest BCUT2D eigenvalue weighted by Crippen LogP contribution is 2.24. The van der Waals surface area contributed by atoms with Gasteiger partial charge < -0.3 is 10.6 Å². The Morgan fingerprint density at radius 1 is 1.17 bits per heavy atom. The molecule has 29 heavy (non-hydrogen) atoms. The highest BCUT2D eigenvalue weighted by atomic mass is 35.5. The molecule has 1 aliphatic heterocycles. The van der Waals surface area contributed by atoms with Crippen LogP contribution in [0.3, 0.4) is 0 Å². The van der Waals surface area contributed by atoms with Crippen LogP contribution in [0.2, 0.25) is 5.02 Å². The zero-order chi connectivity index (χ0) is 20.6. The third-order valence-electron chi connectivity index (χ3n) is 5.08. The minimum Gasteiger partial charge on any atom is -0.316 e. The Bertz CT molecular complexity index is 867. The van der Waals surface area contributed by atoms with Gasteiger partial charge >= 0.3 is 0 Å². The number of thiocarbonyl (C=S) groups is 1. The van der Waals surface area contributed by atoms with Crippen LogP contribution in [0.5, 0.6) is 0 Å². The molecule has 4 nitrogen and oxygen atoms in total. The largest absolute Gasteiger partial charge is 0.316 e. The highest BCUT2D eigenvalue weighted by Gasteiger charge is 2.26. The van der Waals surface area contributed by atoms with Crippen LogP contribution < -0.4 is 10.6 Å². The summed E-state index contributed by atoms with van der Waals surface area (Å²) < 4.78 is 0. The van der Waals surface area contributed by atoms with Gasteiger partial charge in [0, 0.05) is 23.2 Å². The number of amides is 1. The Labute approximate surface area is 182 Å². The number of aliphatic imine (C=N–C) groups is 1. The zero-order valence-corrected chi connectivity index (χ0v) is 18.1. The molecular formula is C23H26ClN3OS. The van der Waals surface area contributed by atoms with Gasteiger partial charge in [0.15, 0.2) is 0 Å². The van der Waals surface area contributed by atoms with Crippen molar-refractivity contribution < 1.29 is 4.79 Å². The molecule has 1 aliphatic rings. The van der Waals surface area contributed by atoms with Crippen LogP contribution in [0, 0.1) is 5.92 Å². The summed E-state index contributed by atoms with van der Waals surface area (Å²) in [5.74, 6) is 0.287. The van der Waals surface area contributed by atoms with E-state index in [9.17, 15) is 4.79 Å². The van der Waals surface area contributed by atoms with E-state index in [1.807, 2.05) is 42.5 Å². The van der Waals surface area contributed by atoms with Crippen LogP contribution in [0.1, 0.15) is 42.1 Å².